The molecule has 2 atom stereocenters. The van der Waals surface area contributed by atoms with Crippen LogP contribution in [0.25, 0.3) is 0 Å². The predicted molar refractivity (Wildman–Crippen MR) is 84.8 cm³/mol. The van der Waals surface area contributed by atoms with E-state index >= 15 is 0 Å². The first kappa shape index (κ1) is 15.5. The minimum atomic E-state index is 0.267. The van der Waals surface area contributed by atoms with Crippen molar-refractivity contribution in [2.75, 3.05) is 19.6 Å². The van der Waals surface area contributed by atoms with Gasteiger partial charge in [0.2, 0.25) is 0 Å². The third-order valence-corrected chi connectivity index (χ3v) is 4.75. The Hall–Kier alpha value is -0.930. The second-order valence-electron chi connectivity index (χ2n) is 6.68. The van der Waals surface area contributed by atoms with E-state index in [0.717, 1.165) is 26.1 Å². The van der Waals surface area contributed by atoms with Crippen molar-refractivity contribution >= 4 is 0 Å². The maximum atomic E-state index is 4.10. The monoisotopic (exact) mass is 275 g/mol. The summed E-state index contributed by atoms with van der Waals surface area (Å²) in [5.41, 5.74) is 1.66. The highest BCUT2D eigenvalue weighted by Crippen LogP contribution is 2.23. The Labute approximate surface area is 123 Å². The van der Waals surface area contributed by atoms with Crippen molar-refractivity contribution in [3.63, 3.8) is 0 Å². The zero-order valence-electron chi connectivity index (χ0n) is 13.4. The Morgan fingerprint density at radius 1 is 1.40 bits per heavy atom. The van der Waals surface area contributed by atoms with Gasteiger partial charge >= 0.3 is 0 Å². The number of nitrogens with one attached hydrogen (secondary N) is 1. The van der Waals surface area contributed by atoms with Gasteiger partial charge in [0.05, 0.1) is 0 Å². The second kappa shape index (κ2) is 6.68. The number of aromatic nitrogens is 1. The first-order chi connectivity index (χ1) is 9.54. The number of rotatable bonds is 5. The smallest absolute Gasteiger partial charge is 0.0278 e. The summed E-state index contributed by atoms with van der Waals surface area (Å²) in [7, 11) is 0. The molecular weight excluding hydrogens is 246 g/mol. The summed E-state index contributed by atoms with van der Waals surface area (Å²) in [5, 5.41) is 3.75. The van der Waals surface area contributed by atoms with E-state index in [4.69, 9.17) is 0 Å². The van der Waals surface area contributed by atoms with Crippen LogP contribution in [0.5, 0.6) is 0 Å². The topological polar surface area (TPSA) is 28.2 Å². The first-order valence-electron chi connectivity index (χ1n) is 7.92. The summed E-state index contributed by atoms with van der Waals surface area (Å²) < 4.78 is 0. The molecule has 3 nitrogen and oxygen atoms in total. The van der Waals surface area contributed by atoms with Gasteiger partial charge in [0.1, 0.15) is 0 Å². The molecule has 1 saturated heterocycles. The molecule has 1 N–H and O–H groups in total. The van der Waals surface area contributed by atoms with Gasteiger partial charge in [-0.25, -0.2) is 0 Å². The SMILES string of the molecule is CCC1(C)CN(CCc2ccncc2)C(C(C)C)CN1. The Bertz CT molecular complexity index is 404. The molecular formula is C17H29N3. The fourth-order valence-electron chi connectivity index (χ4n) is 3.06. The van der Waals surface area contributed by atoms with Crippen LogP contribution in [0.3, 0.4) is 0 Å². The van der Waals surface area contributed by atoms with Crippen LogP contribution in [-0.4, -0.2) is 41.1 Å². The minimum absolute atomic E-state index is 0.267. The average molecular weight is 275 g/mol. The lowest BCUT2D eigenvalue weighted by atomic mass is 9.89. The maximum absolute atomic E-state index is 4.10. The molecule has 1 aromatic heterocycles. The molecule has 0 bridgehead atoms. The molecule has 0 aliphatic carbocycles. The molecule has 0 spiro atoms. The fraction of sp³-hybridized carbons (Fsp3) is 0.706. The number of pyridine rings is 1. The zero-order valence-corrected chi connectivity index (χ0v) is 13.4. The summed E-state index contributed by atoms with van der Waals surface area (Å²) in [6.45, 7) is 12.7. The van der Waals surface area contributed by atoms with Crippen molar-refractivity contribution in [2.45, 2.75) is 52.1 Å². The Balaban J connectivity index is 2.00. The largest absolute Gasteiger partial charge is 0.309 e. The summed E-state index contributed by atoms with van der Waals surface area (Å²) in [6, 6.07) is 4.91. The van der Waals surface area contributed by atoms with Crippen LogP contribution < -0.4 is 5.32 Å². The fourth-order valence-corrected chi connectivity index (χ4v) is 3.06. The number of hydrogen-bond acceptors (Lipinski definition) is 3. The lowest BCUT2D eigenvalue weighted by Crippen LogP contribution is -2.64. The molecule has 1 aromatic rings. The van der Waals surface area contributed by atoms with Crippen molar-refractivity contribution in [3.05, 3.63) is 30.1 Å². The van der Waals surface area contributed by atoms with E-state index in [-0.39, 0.29) is 5.54 Å². The Morgan fingerprint density at radius 2 is 2.10 bits per heavy atom. The van der Waals surface area contributed by atoms with Crippen LogP contribution in [0.15, 0.2) is 24.5 Å². The summed E-state index contributed by atoms with van der Waals surface area (Å²) in [4.78, 5) is 6.78. The van der Waals surface area contributed by atoms with Gasteiger partial charge < -0.3 is 5.32 Å². The Kier molecular flexibility index (Phi) is 5.17. The minimum Gasteiger partial charge on any atom is -0.309 e. The van der Waals surface area contributed by atoms with Crippen LogP contribution in [-0.2, 0) is 6.42 Å². The van der Waals surface area contributed by atoms with Crippen LogP contribution in [0.2, 0.25) is 0 Å². The van der Waals surface area contributed by atoms with Gasteiger partial charge in [-0.2, -0.15) is 0 Å². The van der Waals surface area contributed by atoms with Gasteiger partial charge in [-0.15, -0.1) is 0 Å². The third kappa shape index (κ3) is 3.80. The van der Waals surface area contributed by atoms with Crippen LogP contribution in [0, 0.1) is 5.92 Å². The van der Waals surface area contributed by atoms with E-state index in [2.05, 4.69) is 55.0 Å². The molecule has 0 amide bonds. The normalized spacial score (nSPS) is 27.9. The Morgan fingerprint density at radius 3 is 2.70 bits per heavy atom. The molecule has 3 heteroatoms. The molecule has 1 fully saturated rings. The molecule has 112 valence electrons. The van der Waals surface area contributed by atoms with Crippen molar-refractivity contribution in [3.8, 4) is 0 Å². The van der Waals surface area contributed by atoms with E-state index < -0.39 is 0 Å². The lowest BCUT2D eigenvalue weighted by molar-refractivity contribution is 0.0613. The summed E-state index contributed by atoms with van der Waals surface area (Å²) in [6.07, 6.45) is 6.08. The molecule has 0 saturated carbocycles. The molecule has 0 aromatic carbocycles. The van der Waals surface area contributed by atoms with Gasteiger partial charge in [0.25, 0.3) is 0 Å². The van der Waals surface area contributed by atoms with Crippen LogP contribution in [0.1, 0.15) is 39.7 Å². The van der Waals surface area contributed by atoms with Crippen LogP contribution in [0.4, 0.5) is 0 Å². The first-order valence-corrected chi connectivity index (χ1v) is 7.92. The molecule has 2 unspecified atom stereocenters. The number of hydrogen-bond donors (Lipinski definition) is 1. The standard InChI is InChI=1S/C17H29N3/c1-5-17(4)13-20(16(12-19-17)14(2)3)11-8-15-6-9-18-10-7-15/h6-7,9-10,14,16,19H,5,8,11-13H2,1-4H3. The van der Waals surface area contributed by atoms with Crippen molar-refractivity contribution in [1.82, 2.24) is 15.2 Å². The highest BCUT2D eigenvalue weighted by Gasteiger charge is 2.35. The highest BCUT2D eigenvalue weighted by atomic mass is 15.3. The van der Waals surface area contributed by atoms with E-state index in [0.29, 0.717) is 12.0 Å². The number of nitrogens with zero attached hydrogens (tertiary/aromatic N) is 2. The van der Waals surface area contributed by atoms with Gasteiger partial charge in [0.15, 0.2) is 0 Å². The van der Waals surface area contributed by atoms with Gasteiger partial charge in [0, 0.05) is 43.6 Å². The van der Waals surface area contributed by atoms with E-state index in [9.17, 15) is 0 Å². The molecule has 2 rings (SSSR count). The zero-order chi connectivity index (χ0) is 14.6. The number of piperazine rings is 1. The van der Waals surface area contributed by atoms with Crippen molar-refractivity contribution in [2.24, 2.45) is 5.92 Å². The molecule has 1 aliphatic rings. The second-order valence-corrected chi connectivity index (χ2v) is 6.68. The highest BCUT2D eigenvalue weighted by molar-refractivity contribution is 5.10. The molecule has 1 aliphatic heterocycles. The average Bonchev–Trinajstić information content (AvgIpc) is 2.46. The third-order valence-electron chi connectivity index (χ3n) is 4.75. The van der Waals surface area contributed by atoms with Gasteiger partial charge in [-0.3, -0.25) is 9.88 Å². The van der Waals surface area contributed by atoms with Crippen LogP contribution >= 0.6 is 0 Å². The van der Waals surface area contributed by atoms with Gasteiger partial charge in [-0.1, -0.05) is 20.8 Å². The predicted octanol–water partition coefficient (Wildman–Crippen LogP) is 2.72. The summed E-state index contributed by atoms with van der Waals surface area (Å²) >= 11 is 0. The molecule has 2 heterocycles. The molecule has 20 heavy (non-hydrogen) atoms. The van der Waals surface area contributed by atoms with Crippen molar-refractivity contribution < 1.29 is 0 Å². The van der Waals surface area contributed by atoms with Gasteiger partial charge in [-0.05, 0) is 43.4 Å². The molecule has 0 radical (unpaired) electrons. The lowest BCUT2D eigenvalue weighted by Gasteiger charge is -2.47. The quantitative estimate of drug-likeness (QED) is 0.895. The van der Waals surface area contributed by atoms with E-state index in [1.54, 1.807) is 0 Å². The maximum Gasteiger partial charge on any atom is 0.0278 e. The van der Waals surface area contributed by atoms with Crippen molar-refractivity contribution in [1.29, 1.82) is 0 Å². The summed E-state index contributed by atoms with van der Waals surface area (Å²) in [5.74, 6) is 0.696. The van der Waals surface area contributed by atoms with E-state index in [1.165, 1.54) is 12.0 Å². The van der Waals surface area contributed by atoms with E-state index in [1.807, 2.05) is 12.4 Å².